The number of aryl methyl sites for hydroxylation is 2. The summed E-state index contributed by atoms with van der Waals surface area (Å²) in [6.45, 7) is 4.90. The highest BCUT2D eigenvalue weighted by Crippen LogP contribution is 2.15. The van der Waals surface area contributed by atoms with E-state index in [0.717, 1.165) is 12.1 Å². The molecule has 0 fully saturated rings. The zero-order valence-electron chi connectivity index (χ0n) is 8.80. The highest BCUT2D eigenvalue weighted by molar-refractivity contribution is 5.51. The van der Waals surface area contributed by atoms with E-state index in [4.69, 9.17) is 5.11 Å². The number of hydrogen-bond acceptors (Lipinski definition) is 3. The fourth-order valence-corrected chi connectivity index (χ4v) is 1.30. The number of aliphatic hydroxyl groups excluding tert-OH is 1. The summed E-state index contributed by atoms with van der Waals surface area (Å²) in [5, 5.41) is 8.59. The summed E-state index contributed by atoms with van der Waals surface area (Å²) in [6.07, 6.45) is 1.06. The largest absolute Gasteiger partial charge is 0.395 e. The summed E-state index contributed by atoms with van der Waals surface area (Å²) < 4.78 is 0. The van der Waals surface area contributed by atoms with E-state index in [0.29, 0.717) is 6.54 Å². The maximum atomic E-state index is 8.59. The van der Waals surface area contributed by atoms with E-state index >= 15 is 0 Å². The Balaban J connectivity index is 2.59. The number of rotatable bonds is 5. The van der Waals surface area contributed by atoms with Gasteiger partial charge in [0.1, 0.15) is 0 Å². The number of benzene rings is 1. The lowest BCUT2D eigenvalue weighted by Gasteiger charge is -2.10. The molecule has 0 atom stereocenters. The molecule has 3 heteroatoms. The Labute approximate surface area is 85.1 Å². The minimum atomic E-state index is 0.138. The van der Waals surface area contributed by atoms with Crippen LogP contribution >= 0.6 is 0 Å². The van der Waals surface area contributed by atoms with Gasteiger partial charge in [0.15, 0.2) is 0 Å². The van der Waals surface area contributed by atoms with Gasteiger partial charge in [0, 0.05) is 6.54 Å². The van der Waals surface area contributed by atoms with Crippen LogP contribution in [0.3, 0.4) is 0 Å². The van der Waals surface area contributed by atoms with Crippen LogP contribution in [-0.4, -0.2) is 18.3 Å². The Morgan fingerprint density at radius 1 is 1.36 bits per heavy atom. The van der Waals surface area contributed by atoms with E-state index in [1.165, 1.54) is 11.1 Å². The SMILES string of the molecule is CCc1ccc(NNCCO)c(C)c1. The molecule has 0 saturated carbocycles. The average Bonchev–Trinajstić information content (AvgIpc) is 2.20. The molecule has 0 amide bonds. The van der Waals surface area contributed by atoms with Gasteiger partial charge < -0.3 is 10.5 Å². The number of hydrogen-bond donors (Lipinski definition) is 3. The van der Waals surface area contributed by atoms with Crippen LogP contribution in [0.2, 0.25) is 0 Å². The minimum Gasteiger partial charge on any atom is -0.395 e. The lowest BCUT2D eigenvalue weighted by molar-refractivity contribution is 0.296. The van der Waals surface area contributed by atoms with Crippen molar-refractivity contribution in [2.45, 2.75) is 20.3 Å². The number of hydrazine groups is 1. The van der Waals surface area contributed by atoms with Crippen molar-refractivity contribution in [3.63, 3.8) is 0 Å². The molecule has 0 aliphatic carbocycles. The lowest BCUT2D eigenvalue weighted by atomic mass is 10.1. The van der Waals surface area contributed by atoms with Crippen molar-refractivity contribution in [1.82, 2.24) is 5.43 Å². The molecule has 0 spiro atoms. The Morgan fingerprint density at radius 2 is 2.14 bits per heavy atom. The molecule has 0 heterocycles. The molecule has 1 rings (SSSR count). The topological polar surface area (TPSA) is 44.3 Å². The number of anilines is 1. The van der Waals surface area contributed by atoms with E-state index in [1.807, 2.05) is 0 Å². The molecular weight excluding hydrogens is 176 g/mol. The van der Waals surface area contributed by atoms with Gasteiger partial charge in [-0.05, 0) is 30.5 Å². The highest BCUT2D eigenvalue weighted by Gasteiger charge is 1.97. The predicted octanol–water partition coefficient (Wildman–Crippen LogP) is 1.47. The minimum absolute atomic E-state index is 0.138. The van der Waals surface area contributed by atoms with Gasteiger partial charge in [0.2, 0.25) is 0 Å². The number of aliphatic hydroxyl groups is 1. The van der Waals surface area contributed by atoms with E-state index in [2.05, 4.69) is 42.9 Å². The Hall–Kier alpha value is -1.06. The van der Waals surface area contributed by atoms with Gasteiger partial charge >= 0.3 is 0 Å². The monoisotopic (exact) mass is 194 g/mol. The van der Waals surface area contributed by atoms with Crippen LogP contribution < -0.4 is 10.9 Å². The molecular formula is C11H18N2O. The van der Waals surface area contributed by atoms with Crippen molar-refractivity contribution >= 4 is 5.69 Å². The van der Waals surface area contributed by atoms with Gasteiger partial charge in [-0.2, -0.15) is 0 Å². The average molecular weight is 194 g/mol. The normalized spacial score (nSPS) is 10.2. The summed E-state index contributed by atoms with van der Waals surface area (Å²) in [5.41, 5.74) is 9.61. The van der Waals surface area contributed by atoms with Crippen LogP contribution in [0.5, 0.6) is 0 Å². The zero-order chi connectivity index (χ0) is 10.4. The first-order valence-corrected chi connectivity index (χ1v) is 4.97. The molecule has 3 N–H and O–H groups in total. The number of nitrogens with one attached hydrogen (secondary N) is 2. The van der Waals surface area contributed by atoms with E-state index in [9.17, 15) is 0 Å². The van der Waals surface area contributed by atoms with E-state index in [1.54, 1.807) is 0 Å². The fourth-order valence-electron chi connectivity index (χ4n) is 1.30. The second kappa shape index (κ2) is 5.62. The van der Waals surface area contributed by atoms with Crippen molar-refractivity contribution in [3.8, 4) is 0 Å². The van der Waals surface area contributed by atoms with Crippen LogP contribution in [0, 0.1) is 6.92 Å². The zero-order valence-corrected chi connectivity index (χ0v) is 8.80. The molecule has 1 aromatic rings. The van der Waals surface area contributed by atoms with Crippen molar-refractivity contribution < 1.29 is 5.11 Å². The van der Waals surface area contributed by atoms with Crippen LogP contribution in [0.4, 0.5) is 5.69 Å². The third kappa shape index (κ3) is 3.01. The third-order valence-corrected chi connectivity index (χ3v) is 2.16. The van der Waals surface area contributed by atoms with E-state index in [-0.39, 0.29) is 6.61 Å². The van der Waals surface area contributed by atoms with E-state index < -0.39 is 0 Å². The molecule has 78 valence electrons. The maximum absolute atomic E-state index is 8.59. The Morgan fingerprint density at radius 3 is 2.71 bits per heavy atom. The standard InChI is InChI=1S/C11H18N2O/c1-3-10-4-5-11(9(2)8-10)13-12-6-7-14/h4-5,8,12-14H,3,6-7H2,1-2H3. The first kappa shape index (κ1) is 11.0. The van der Waals surface area contributed by atoms with Crippen molar-refractivity contribution in [2.75, 3.05) is 18.6 Å². The van der Waals surface area contributed by atoms with Crippen LogP contribution in [0.15, 0.2) is 18.2 Å². The first-order valence-electron chi connectivity index (χ1n) is 4.97. The van der Waals surface area contributed by atoms with Crippen molar-refractivity contribution in [2.24, 2.45) is 0 Å². The molecule has 0 radical (unpaired) electrons. The molecule has 0 aliphatic heterocycles. The smallest absolute Gasteiger partial charge is 0.0574 e. The molecule has 0 saturated heterocycles. The summed E-state index contributed by atoms with van der Waals surface area (Å²) in [5.74, 6) is 0. The lowest BCUT2D eigenvalue weighted by Crippen LogP contribution is -2.25. The van der Waals surface area contributed by atoms with Crippen molar-refractivity contribution in [3.05, 3.63) is 29.3 Å². The quantitative estimate of drug-likeness (QED) is 0.491. The molecule has 0 unspecified atom stereocenters. The second-order valence-electron chi connectivity index (χ2n) is 3.28. The molecule has 3 nitrogen and oxygen atoms in total. The van der Waals surface area contributed by atoms with Gasteiger partial charge in [0.25, 0.3) is 0 Å². The second-order valence-corrected chi connectivity index (χ2v) is 3.28. The van der Waals surface area contributed by atoms with Gasteiger partial charge in [-0.25, -0.2) is 5.43 Å². The van der Waals surface area contributed by atoms with Crippen molar-refractivity contribution in [1.29, 1.82) is 0 Å². The molecule has 0 aliphatic rings. The molecule has 14 heavy (non-hydrogen) atoms. The fraction of sp³-hybridized carbons (Fsp3) is 0.455. The van der Waals surface area contributed by atoms with Gasteiger partial charge in [-0.15, -0.1) is 0 Å². The van der Waals surface area contributed by atoms with Crippen LogP contribution in [0.25, 0.3) is 0 Å². The van der Waals surface area contributed by atoms with Crippen LogP contribution in [-0.2, 0) is 6.42 Å². The maximum Gasteiger partial charge on any atom is 0.0574 e. The summed E-state index contributed by atoms with van der Waals surface area (Å²) in [6, 6.07) is 6.33. The summed E-state index contributed by atoms with van der Waals surface area (Å²) >= 11 is 0. The highest BCUT2D eigenvalue weighted by atomic mass is 16.3. The third-order valence-electron chi connectivity index (χ3n) is 2.16. The Bertz CT molecular complexity index is 287. The van der Waals surface area contributed by atoms with Gasteiger partial charge in [0.05, 0.1) is 12.3 Å². The molecule has 1 aromatic carbocycles. The summed E-state index contributed by atoms with van der Waals surface area (Å²) in [7, 11) is 0. The summed E-state index contributed by atoms with van der Waals surface area (Å²) in [4.78, 5) is 0. The first-order chi connectivity index (χ1) is 6.77. The van der Waals surface area contributed by atoms with Gasteiger partial charge in [-0.3, -0.25) is 0 Å². The Kier molecular flexibility index (Phi) is 4.43. The van der Waals surface area contributed by atoms with Crippen LogP contribution in [0.1, 0.15) is 18.1 Å². The van der Waals surface area contributed by atoms with Gasteiger partial charge in [-0.1, -0.05) is 19.1 Å². The molecule has 0 bridgehead atoms. The molecule has 0 aromatic heterocycles. The predicted molar refractivity (Wildman–Crippen MR) is 59.3 cm³/mol.